The van der Waals surface area contributed by atoms with Crippen LogP contribution in [0.1, 0.15) is 31.9 Å². The molecule has 1 heterocycles. The first-order valence-electron chi connectivity index (χ1n) is 6.49. The van der Waals surface area contributed by atoms with Crippen LogP contribution in [-0.2, 0) is 6.54 Å². The molecule has 2 nitrogen and oxygen atoms in total. The van der Waals surface area contributed by atoms with Crippen LogP contribution in [0, 0.1) is 5.41 Å². The van der Waals surface area contributed by atoms with Gasteiger partial charge in [0.2, 0.25) is 0 Å². The molecule has 1 N–H and O–H groups in total. The SMILES string of the molecule is CCC1(CNCc2cc3ccccc3o2)CC1. The third-order valence-corrected chi connectivity index (χ3v) is 3.98. The Morgan fingerprint density at radius 3 is 2.82 bits per heavy atom. The van der Waals surface area contributed by atoms with Crippen LogP contribution in [0.2, 0.25) is 0 Å². The second-order valence-electron chi connectivity index (χ2n) is 5.21. The lowest BCUT2D eigenvalue weighted by atomic mass is 10.0. The minimum Gasteiger partial charge on any atom is -0.460 e. The van der Waals surface area contributed by atoms with E-state index in [4.69, 9.17) is 4.42 Å². The molecular weight excluding hydrogens is 210 g/mol. The van der Waals surface area contributed by atoms with Crippen molar-refractivity contribution in [1.29, 1.82) is 0 Å². The molecule has 1 aromatic heterocycles. The Hall–Kier alpha value is -1.28. The fourth-order valence-corrected chi connectivity index (χ4v) is 2.41. The zero-order chi connectivity index (χ0) is 11.7. The molecule has 1 aliphatic rings. The molecule has 0 amide bonds. The Morgan fingerprint density at radius 2 is 2.12 bits per heavy atom. The molecule has 0 saturated heterocycles. The number of rotatable bonds is 5. The van der Waals surface area contributed by atoms with Crippen molar-refractivity contribution in [1.82, 2.24) is 5.32 Å². The molecule has 1 aliphatic carbocycles. The third kappa shape index (κ3) is 2.22. The van der Waals surface area contributed by atoms with Crippen molar-refractivity contribution in [3.05, 3.63) is 36.1 Å². The van der Waals surface area contributed by atoms with E-state index in [1.54, 1.807) is 0 Å². The predicted molar refractivity (Wildman–Crippen MR) is 69.9 cm³/mol. The van der Waals surface area contributed by atoms with Crippen molar-refractivity contribution in [3.8, 4) is 0 Å². The summed E-state index contributed by atoms with van der Waals surface area (Å²) in [4.78, 5) is 0. The molecule has 0 atom stereocenters. The van der Waals surface area contributed by atoms with Gasteiger partial charge in [0.15, 0.2) is 0 Å². The van der Waals surface area contributed by atoms with E-state index in [0.29, 0.717) is 5.41 Å². The smallest absolute Gasteiger partial charge is 0.134 e. The summed E-state index contributed by atoms with van der Waals surface area (Å²) in [6, 6.07) is 10.3. The summed E-state index contributed by atoms with van der Waals surface area (Å²) < 4.78 is 5.77. The Labute approximate surface area is 102 Å². The maximum Gasteiger partial charge on any atom is 0.134 e. The normalized spacial score (nSPS) is 17.5. The molecule has 3 rings (SSSR count). The van der Waals surface area contributed by atoms with E-state index in [-0.39, 0.29) is 0 Å². The molecule has 0 radical (unpaired) electrons. The van der Waals surface area contributed by atoms with Crippen LogP contribution in [0.3, 0.4) is 0 Å². The minimum absolute atomic E-state index is 0.603. The average molecular weight is 229 g/mol. The van der Waals surface area contributed by atoms with Gasteiger partial charge >= 0.3 is 0 Å². The summed E-state index contributed by atoms with van der Waals surface area (Å²) >= 11 is 0. The second kappa shape index (κ2) is 4.19. The van der Waals surface area contributed by atoms with Crippen LogP contribution in [0.15, 0.2) is 34.7 Å². The number of hydrogen-bond acceptors (Lipinski definition) is 2. The van der Waals surface area contributed by atoms with Crippen LogP contribution in [0.25, 0.3) is 11.0 Å². The molecule has 1 aromatic carbocycles. The molecule has 0 aliphatic heterocycles. The van der Waals surface area contributed by atoms with Gasteiger partial charge in [-0.2, -0.15) is 0 Å². The van der Waals surface area contributed by atoms with E-state index in [1.807, 2.05) is 18.2 Å². The van der Waals surface area contributed by atoms with Gasteiger partial charge in [0, 0.05) is 11.9 Å². The van der Waals surface area contributed by atoms with E-state index < -0.39 is 0 Å². The highest BCUT2D eigenvalue weighted by atomic mass is 16.3. The van der Waals surface area contributed by atoms with Gasteiger partial charge in [-0.05, 0) is 36.8 Å². The van der Waals surface area contributed by atoms with Crippen LogP contribution in [0.5, 0.6) is 0 Å². The van der Waals surface area contributed by atoms with Crippen LogP contribution < -0.4 is 5.32 Å². The molecule has 17 heavy (non-hydrogen) atoms. The Balaban J connectivity index is 1.61. The fraction of sp³-hybridized carbons (Fsp3) is 0.467. The van der Waals surface area contributed by atoms with Gasteiger partial charge in [-0.15, -0.1) is 0 Å². The summed E-state index contributed by atoms with van der Waals surface area (Å²) in [5.41, 5.74) is 1.59. The first kappa shape index (κ1) is 10.8. The minimum atomic E-state index is 0.603. The summed E-state index contributed by atoms with van der Waals surface area (Å²) in [5, 5.41) is 4.72. The van der Waals surface area contributed by atoms with Gasteiger partial charge in [-0.1, -0.05) is 25.1 Å². The van der Waals surface area contributed by atoms with E-state index in [2.05, 4.69) is 24.4 Å². The standard InChI is InChI=1S/C15H19NO/c1-2-15(7-8-15)11-16-10-13-9-12-5-3-4-6-14(12)17-13/h3-6,9,16H,2,7-8,10-11H2,1H3. The van der Waals surface area contributed by atoms with Gasteiger partial charge in [0.25, 0.3) is 0 Å². The molecule has 2 aromatic rings. The summed E-state index contributed by atoms with van der Waals surface area (Å²) in [7, 11) is 0. The van der Waals surface area contributed by atoms with Gasteiger partial charge in [0.05, 0.1) is 6.54 Å². The monoisotopic (exact) mass is 229 g/mol. The van der Waals surface area contributed by atoms with Gasteiger partial charge in [-0.3, -0.25) is 0 Å². The zero-order valence-electron chi connectivity index (χ0n) is 10.3. The number of benzene rings is 1. The topological polar surface area (TPSA) is 25.2 Å². The maximum atomic E-state index is 5.77. The summed E-state index contributed by atoms with van der Waals surface area (Å²) in [6.45, 7) is 4.26. The first-order valence-corrected chi connectivity index (χ1v) is 6.49. The van der Waals surface area contributed by atoms with Crippen molar-refractivity contribution >= 4 is 11.0 Å². The van der Waals surface area contributed by atoms with Crippen LogP contribution >= 0.6 is 0 Å². The van der Waals surface area contributed by atoms with E-state index in [9.17, 15) is 0 Å². The zero-order valence-corrected chi connectivity index (χ0v) is 10.3. The number of para-hydroxylation sites is 1. The fourth-order valence-electron chi connectivity index (χ4n) is 2.41. The molecule has 1 fully saturated rings. The van der Waals surface area contributed by atoms with Crippen molar-refractivity contribution < 1.29 is 4.42 Å². The lowest BCUT2D eigenvalue weighted by Crippen LogP contribution is -2.22. The molecule has 0 bridgehead atoms. The first-order chi connectivity index (χ1) is 8.31. The summed E-state index contributed by atoms with van der Waals surface area (Å²) in [5.74, 6) is 1.04. The quantitative estimate of drug-likeness (QED) is 0.845. The molecule has 0 unspecified atom stereocenters. The van der Waals surface area contributed by atoms with Gasteiger partial charge < -0.3 is 9.73 Å². The Morgan fingerprint density at radius 1 is 1.29 bits per heavy atom. The lowest BCUT2D eigenvalue weighted by molar-refractivity contribution is 0.423. The lowest BCUT2D eigenvalue weighted by Gasteiger charge is -2.12. The Kier molecular flexibility index (Phi) is 2.67. The molecule has 1 saturated carbocycles. The highest BCUT2D eigenvalue weighted by Gasteiger charge is 2.39. The van der Waals surface area contributed by atoms with Crippen molar-refractivity contribution in [2.45, 2.75) is 32.7 Å². The average Bonchev–Trinajstić information content (AvgIpc) is 3.01. The van der Waals surface area contributed by atoms with Crippen LogP contribution in [0.4, 0.5) is 0 Å². The summed E-state index contributed by atoms with van der Waals surface area (Å²) in [6.07, 6.45) is 4.06. The second-order valence-corrected chi connectivity index (χ2v) is 5.21. The predicted octanol–water partition coefficient (Wildman–Crippen LogP) is 3.71. The highest BCUT2D eigenvalue weighted by Crippen LogP contribution is 2.47. The number of furan rings is 1. The van der Waals surface area contributed by atoms with E-state index in [0.717, 1.165) is 24.4 Å². The Bertz CT molecular complexity index is 477. The number of fused-ring (bicyclic) bond motifs is 1. The molecule has 2 heteroatoms. The van der Waals surface area contributed by atoms with Crippen molar-refractivity contribution in [3.63, 3.8) is 0 Å². The number of hydrogen-bond donors (Lipinski definition) is 1. The van der Waals surface area contributed by atoms with Gasteiger partial charge in [-0.25, -0.2) is 0 Å². The molecule has 0 spiro atoms. The van der Waals surface area contributed by atoms with E-state index in [1.165, 1.54) is 24.6 Å². The largest absolute Gasteiger partial charge is 0.460 e. The van der Waals surface area contributed by atoms with Crippen molar-refractivity contribution in [2.75, 3.05) is 6.54 Å². The van der Waals surface area contributed by atoms with E-state index >= 15 is 0 Å². The number of nitrogens with one attached hydrogen (secondary N) is 1. The van der Waals surface area contributed by atoms with Crippen molar-refractivity contribution in [2.24, 2.45) is 5.41 Å². The van der Waals surface area contributed by atoms with Gasteiger partial charge in [0.1, 0.15) is 11.3 Å². The highest BCUT2D eigenvalue weighted by molar-refractivity contribution is 5.77. The van der Waals surface area contributed by atoms with Crippen LogP contribution in [-0.4, -0.2) is 6.54 Å². The third-order valence-electron chi connectivity index (χ3n) is 3.98. The maximum absolute atomic E-state index is 5.77. The molecule has 90 valence electrons. The molecular formula is C15H19NO.